The first-order chi connectivity index (χ1) is 4.84. The summed E-state index contributed by atoms with van der Waals surface area (Å²) in [5, 5.41) is 0.478. The van der Waals surface area contributed by atoms with Gasteiger partial charge >= 0.3 is 0 Å². The maximum atomic E-state index is 10.00. The van der Waals surface area contributed by atoms with Crippen molar-refractivity contribution in [1.82, 2.24) is 0 Å². The summed E-state index contributed by atoms with van der Waals surface area (Å²) >= 11 is 5.64. The fourth-order valence-corrected chi connectivity index (χ4v) is 1.08. The van der Waals surface area contributed by atoms with Crippen molar-refractivity contribution >= 4 is 20.3 Å². The Hall–Kier alpha value is -0.590. The molecule has 0 fully saturated rings. The Labute approximate surface area is 65.1 Å². The standard InChI is InChI=1S/C6H5ClO2P/c7-5-3-1-2-4-6(5)9-10-8/h1-4,10H. The third-order valence-corrected chi connectivity index (χ3v) is 1.60. The van der Waals surface area contributed by atoms with E-state index in [9.17, 15) is 4.57 Å². The van der Waals surface area contributed by atoms with Crippen molar-refractivity contribution in [3.05, 3.63) is 29.3 Å². The number of halogens is 1. The summed E-state index contributed by atoms with van der Waals surface area (Å²) in [4.78, 5) is 0. The molecule has 0 aromatic heterocycles. The highest BCUT2D eigenvalue weighted by Crippen LogP contribution is 2.25. The highest BCUT2D eigenvalue weighted by Gasteiger charge is 1.96. The van der Waals surface area contributed by atoms with Crippen molar-refractivity contribution in [1.29, 1.82) is 0 Å². The number of rotatable bonds is 2. The molecule has 1 unspecified atom stereocenters. The van der Waals surface area contributed by atoms with Crippen LogP contribution in [-0.2, 0) is 4.57 Å². The fraction of sp³-hybridized carbons (Fsp3) is 0. The van der Waals surface area contributed by atoms with E-state index in [4.69, 9.17) is 11.6 Å². The third-order valence-electron chi connectivity index (χ3n) is 0.988. The molecule has 53 valence electrons. The van der Waals surface area contributed by atoms with E-state index in [0.717, 1.165) is 0 Å². The number of para-hydroxylation sites is 1. The molecule has 1 aromatic carbocycles. The number of hydrogen-bond acceptors (Lipinski definition) is 2. The van der Waals surface area contributed by atoms with Gasteiger partial charge < -0.3 is 4.52 Å². The molecule has 0 aliphatic carbocycles. The molecule has 2 nitrogen and oxygen atoms in total. The molecule has 10 heavy (non-hydrogen) atoms. The van der Waals surface area contributed by atoms with Gasteiger partial charge in [-0.15, -0.1) is 0 Å². The maximum Gasteiger partial charge on any atom is 0.253 e. The van der Waals surface area contributed by atoms with Crippen LogP contribution in [0.3, 0.4) is 0 Å². The summed E-state index contributed by atoms with van der Waals surface area (Å²) in [6, 6.07) is 6.88. The van der Waals surface area contributed by atoms with Crippen LogP contribution >= 0.6 is 20.3 Å². The van der Waals surface area contributed by atoms with E-state index in [1.54, 1.807) is 24.3 Å². The Bertz CT molecular complexity index is 239. The van der Waals surface area contributed by atoms with Crippen LogP contribution < -0.4 is 4.52 Å². The second-order valence-corrected chi connectivity index (χ2v) is 2.39. The molecule has 0 bridgehead atoms. The Kier molecular flexibility index (Phi) is 2.67. The molecule has 1 rings (SSSR count). The van der Waals surface area contributed by atoms with Crippen LogP contribution in [-0.4, -0.2) is 0 Å². The van der Waals surface area contributed by atoms with Crippen molar-refractivity contribution in [3.8, 4) is 5.75 Å². The molecule has 1 atom stereocenters. The summed E-state index contributed by atoms with van der Waals surface area (Å²) in [6.45, 7) is 0. The van der Waals surface area contributed by atoms with E-state index < -0.39 is 8.69 Å². The van der Waals surface area contributed by atoms with Crippen LogP contribution in [0.2, 0.25) is 5.02 Å². The van der Waals surface area contributed by atoms with Crippen molar-refractivity contribution in [2.24, 2.45) is 0 Å². The van der Waals surface area contributed by atoms with Gasteiger partial charge in [-0.3, -0.25) is 0 Å². The summed E-state index contributed by atoms with van der Waals surface area (Å²) in [6.07, 6.45) is 0. The van der Waals surface area contributed by atoms with Gasteiger partial charge in [0, 0.05) is 0 Å². The Balaban J connectivity index is 2.91. The Morgan fingerprint density at radius 1 is 1.40 bits per heavy atom. The summed E-state index contributed by atoms with van der Waals surface area (Å²) in [5.41, 5.74) is 0. The molecule has 0 spiro atoms. The zero-order chi connectivity index (χ0) is 7.40. The molecule has 0 amide bonds. The molecule has 0 saturated heterocycles. The van der Waals surface area contributed by atoms with Crippen molar-refractivity contribution in [3.63, 3.8) is 0 Å². The van der Waals surface area contributed by atoms with Crippen LogP contribution in [0.25, 0.3) is 0 Å². The van der Waals surface area contributed by atoms with Gasteiger partial charge in [-0.1, -0.05) is 23.7 Å². The van der Waals surface area contributed by atoms with Gasteiger partial charge in [0.1, 0.15) is 0 Å². The first kappa shape index (κ1) is 7.52. The normalized spacial score (nSPS) is 9.70. The number of benzene rings is 1. The molecule has 0 N–H and O–H groups in total. The second kappa shape index (κ2) is 3.55. The minimum absolute atomic E-state index is 0.456. The monoisotopic (exact) mass is 175 g/mol. The molecule has 0 heterocycles. The average molecular weight is 176 g/mol. The van der Waals surface area contributed by atoms with Crippen molar-refractivity contribution < 1.29 is 9.09 Å². The molecule has 0 saturated carbocycles. The van der Waals surface area contributed by atoms with E-state index in [1.807, 2.05) is 0 Å². The molecule has 0 aliphatic rings. The van der Waals surface area contributed by atoms with Gasteiger partial charge in [-0.25, -0.2) is 4.57 Å². The minimum Gasteiger partial charge on any atom is -0.418 e. The van der Waals surface area contributed by atoms with Crippen molar-refractivity contribution in [2.45, 2.75) is 0 Å². The largest absolute Gasteiger partial charge is 0.418 e. The lowest BCUT2D eigenvalue weighted by molar-refractivity contribution is 0.525. The van der Waals surface area contributed by atoms with Crippen LogP contribution in [0.15, 0.2) is 24.3 Å². The Morgan fingerprint density at radius 2 is 2.10 bits per heavy atom. The SMILES string of the molecule is O=[PH]Oc1ccccc1Cl. The van der Waals surface area contributed by atoms with E-state index in [0.29, 0.717) is 10.8 Å². The molecule has 1 radical (unpaired) electrons. The summed E-state index contributed by atoms with van der Waals surface area (Å²) < 4.78 is 14.7. The highest BCUT2D eigenvalue weighted by atomic mass is 35.5. The Morgan fingerprint density at radius 3 is 2.70 bits per heavy atom. The van der Waals surface area contributed by atoms with Crippen LogP contribution in [0.5, 0.6) is 5.75 Å². The highest BCUT2D eigenvalue weighted by molar-refractivity contribution is 7.17. The third kappa shape index (κ3) is 1.69. The lowest BCUT2D eigenvalue weighted by Gasteiger charge is -1.97. The summed E-state index contributed by atoms with van der Waals surface area (Å²) in [5.74, 6) is 0.456. The van der Waals surface area contributed by atoms with E-state index in [-0.39, 0.29) is 0 Å². The maximum absolute atomic E-state index is 10.00. The smallest absolute Gasteiger partial charge is 0.253 e. The zero-order valence-corrected chi connectivity index (χ0v) is 6.76. The molecule has 0 aliphatic heterocycles. The lowest BCUT2D eigenvalue weighted by Crippen LogP contribution is -1.74. The molecular formula is C6H5ClO2P. The first-order valence-electron chi connectivity index (χ1n) is 2.63. The van der Waals surface area contributed by atoms with Gasteiger partial charge in [0.05, 0.1) is 5.02 Å². The van der Waals surface area contributed by atoms with E-state index >= 15 is 0 Å². The van der Waals surface area contributed by atoms with Gasteiger partial charge in [-0.05, 0) is 12.1 Å². The number of hydrogen-bond donors (Lipinski definition) is 0. The topological polar surface area (TPSA) is 26.3 Å². The van der Waals surface area contributed by atoms with Crippen LogP contribution in [0, 0.1) is 0 Å². The quantitative estimate of drug-likeness (QED) is 0.646. The van der Waals surface area contributed by atoms with Crippen LogP contribution in [0.1, 0.15) is 0 Å². The fourth-order valence-electron chi connectivity index (χ4n) is 0.572. The zero-order valence-electron chi connectivity index (χ0n) is 5.00. The molecule has 1 aromatic rings. The minimum atomic E-state index is -0.803. The van der Waals surface area contributed by atoms with Gasteiger partial charge in [0.2, 0.25) is 0 Å². The molecule has 4 heteroatoms. The van der Waals surface area contributed by atoms with E-state index in [1.165, 1.54) is 0 Å². The first-order valence-corrected chi connectivity index (χ1v) is 3.82. The second-order valence-electron chi connectivity index (χ2n) is 1.62. The van der Waals surface area contributed by atoms with Gasteiger partial charge in [-0.2, -0.15) is 0 Å². The molecular weight excluding hydrogens is 170 g/mol. The predicted molar refractivity (Wildman–Crippen MR) is 41.1 cm³/mol. The predicted octanol–water partition coefficient (Wildman–Crippen LogP) is 2.66. The van der Waals surface area contributed by atoms with Crippen LogP contribution in [0.4, 0.5) is 0 Å². The summed E-state index contributed by atoms with van der Waals surface area (Å²) in [7, 11) is -0.803. The lowest BCUT2D eigenvalue weighted by atomic mass is 10.3. The van der Waals surface area contributed by atoms with Gasteiger partial charge in [0.25, 0.3) is 8.69 Å². The van der Waals surface area contributed by atoms with Crippen molar-refractivity contribution in [2.75, 3.05) is 0 Å². The van der Waals surface area contributed by atoms with E-state index in [2.05, 4.69) is 4.52 Å². The van der Waals surface area contributed by atoms with Gasteiger partial charge in [0.15, 0.2) is 5.75 Å². The average Bonchev–Trinajstić information content (AvgIpc) is 1.94.